The van der Waals surface area contributed by atoms with Crippen LogP contribution in [0.25, 0.3) is 0 Å². The second-order valence-electron chi connectivity index (χ2n) is 5.99. The van der Waals surface area contributed by atoms with Crippen LogP contribution in [0.4, 0.5) is 18.9 Å². The van der Waals surface area contributed by atoms with Crippen molar-refractivity contribution in [3.8, 4) is 0 Å². The lowest BCUT2D eigenvalue weighted by Gasteiger charge is -2.19. The molecule has 0 radical (unpaired) electrons. The molecule has 0 spiro atoms. The number of benzene rings is 2. The van der Waals surface area contributed by atoms with E-state index in [1.165, 1.54) is 6.26 Å². The summed E-state index contributed by atoms with van der Waals surface area (Å²) in [4.78, 5) is 12.8. The molecule has 1 atom stereocenters. The van der Waals surface area contributed by atoms with Gasteiger partial charge in [0, 0.05) is 0 Å². The zero-order valence-corrected chi connectivity index (χ0v) is 15.2. The van der Waals surface area contributed by atoms with Crippen LogP contribution in [-0.2, 0) is 17.5 Å². The van der Waals surface area contributed by atoms with Crippen LogP contribution in [0.2, 0.25) is 5.02 Å². The van der Waals surface area contributed by atoms with E-state index in [9.17, 15) is 18.0 Å². The molecule has 8 heteroatoms. The number of nitrogens with one attached hydrogen (secondary N) is 2. The number of carbonyl (C=O) groups is 1. The third-order valence-corrected chi connectivity index (χ3v) is 4.34. The summed E-state index contributed by atoms with van der Waals surface area (Å²) in [6.07, 6.45) is -3.03. The Balaban J connectivity index is 1.83. The van der Waals surface area contributed by atoms with Crippen LogP contribution in [0.15, 0.2) is 71.3 Å². The summed E-state index contributed by atoms with van der Waals surface area (Å²) in [5, 5.41) is 5.55. The van der Waals surface area contributed by atoms with Crippen molar-refractivity contribution in [2.24, 2.45) is 0 Å². The molecule has 3 aromatic rings. The molecule has 0 unspecified atom stereocenters. The van der Waals surface area contributed by atoms with Gasteiger partial charge in [0.25, 0.3) is 0 Å². The zero-order valence-electron chi connectivity index (χ0n) is 14.5. The molecule has 0 aliphatic heterocycles. The average Bonchev–Trinajstić information content (AvgIpc) is 3.17. The van der Waals surface area contributed by atoms with Crippen LogP contribution in [0.3, 0.4) is 0 Å². The molecule has 0 aliphatic rings. The number of furan rings is 1. The van der Waals surface area contributed by atoms with E-state index in [0.29, 0.717) is 11.3 Å². The standard InChI is InChI=1S/C20H16ClF3N2O2/c21-16-9-8-14(20(22,23)24)11-17(16)26-19(27)18(13-5-2-1-3-6-13)25-12-15-7-4-10-28-15/h1-11,18,25H,12H2,(H,26,27)/t18-/m1/s1. The lowest BCUT2D eigenvalue weighted by atomic mass is 10.1. The van der Waals surface area contributed by atoms with E-state index in [1.807, 2.05) is 0 Å². The Labute approximate surface area is 164 Å². The van der Waals surface area contributed by atoms with Gasteiger partial charge in [0.1, 0.15) is 11.8 Å². The number of amides is 1. The molecule has 1 aromatic heterocycles. The maximum atomic E-state index is 13.0. The number of hydrogen-bond acceptors (Lipinski definition) is 3. The summed E-state index contributed by atoms with van der Waals surface area (Å²) < 4.78 is 44.1. The number of anilines is 1. The molecular weight excluding hydrogens is 393 g/mol. The molecule has 2 N–H and O–H groups in total. The lowest BCUT2D eigenvalue weighted by Crippen LogP contribution is -2.32. The van der Waals surface area contributed by atoms with Crippen LogP contribution in [0.1, 0.15) is 22.9 Å². The maximum Gasteiger partial charge on any atom is 0.416 e. The molecule has 1 heterocycles. The molecule has 28 heavy (non-hydrogen) atoms. The van der Waals surface area contributed by atoms with Crippen molar-refractivity contribution in [2.75, 3.05) is 5.32 Å². The van der Waals surface area contributed by atoms with Crippen LogP contribution >= 0.6 is 11.6 Å². The Morgan fingerprint density at radius 3 is 2.46 bits per heavy atom. The van der Waals surface area contributed by atoms with E-state index >= 15 is 0 Å². The number of carbonyl (C=O) groups excluding carboxylic acids is 1. The maximum absolute atomic E-state index is 13.0. The van der Waals surface area contributed by atoms with Crippen molar-refractivity contribution in [1.29, 1.82) is 0 Å². The van der Waals surface area contributed by atoms with Gasteiger partial charge in [0.15, 0.2) is 0 Å². The van der Waals surface area contributed by atoms with Crippen molar-refractivity contribution in [3.05, 3.63) is 88.8 Å². The Kier molecular flexibility index (Phi) is 6.06. The SMILES string of the molecule is O=C(Nc1cc(C(F)(F)F)ccc1Cl)[C@H](NCc1ccco1)c1ccccc1. The van der Waals surface area contributed by atoms with Gasteiger partial charge in [-0.05, 0) is 35.9 Å². The van der Waals surface area contributed by atoms with Crippen molar-refractivity contribution in [2.45, 2.75) is 18.8 Å². The second-order valence-corrected chi connectivity index (χ2v) is 6.39. The molecular formula is C20H16ClF3N2O2. The van der Waals surface area contributed by atoms with Crippen molar-refractivity contribution >= 4 is 23.2 Å². The Morgan fingerprint density at radius 1 is 1.07 bits per heavy atom. The average molecular weight is 409 g/mol. The molecule has 0 saturated heterocycles. The number of halogens is 4. The minimum Gasteiger partial charge on any atom is -0.468 e. The van der Waals surface area contributed by atoms with E-state index in [4.69, 9.17) is 16.0 Å². The highest BCUT2D eigenvalue weighted by Crippen LogP contribution is 2.34. The normalized spacial score (nSPS) is 12.6. The molecule has 0 bridgehead atoms. The molecule has 2 aromatic carbocycles. The summed E-state index contributed by atoms with van der Waals surface area (Å²) in [5.74, 6) is 0.0739. The predicted octanol–water partition coefficient (Wildman–Crippen LogP) is 5.42. The van der Waals surface area contributed by atoms with E-state index in [-0.39, 0.29) is 17.3 Å². The van der Waals surface area contributed by atoms with Crippen LogP contribution in [0.5, 0.6) is 0 Å². The number of rotatable bonds is 6. The monoisotopic (exact) mass is 408 g/mol. The summed E-state index contributed by atoms with van der Waals surface area (Å²) >= 11 is 5.98. The number of alkyl halides is 3. The van der Waals surface area contributed by atoms with Gasteiger partial charge < -0.3 is 9.73 Å². The van der Waals surface area contributed by atoms with E-state index in [2.05, 4.69) is 10.6 Å². The fourth-order valence-electron chi connectivity index (χ4n) is 2.63. The first-order valence-electron chi connectivity index (χ1n) is 8.33. The third kappa shape index (κ3) is 4.94. The number of hydrogen-bond donors (Lipinski definition) is 2. The van der Waals surface area contributed by atoms with Crippen molar-refractivity contribution in [3.63, 3.8) is 0 Å². The highest BCUT2D eigenvalue weighted by Gasteiger charge is 2.31. The largest absolute Gasteiger partial charge is 0.468 e. The first-order valence-corrected chi connectivity index (χ1v) is 8.71. The van der Waals surface area contributed by atoms with Crippen molar-refractivity contribution in [1.82, 2.24) is 5.32 Å². The van der Waals surface area contributed by atoms with Crippen LogP contribution in [0, 0.1) is 0 Å². The third-order valence-electron chi connectivity index (χ3n) is 4.01. The van der Waals surface area contributed by atoms with E-state index in [0.717, 1.165) is 18.2 Å². The van der Waals surface area contributed by atoms with Gasteiger partial charge in [-0.1, -0.05) is 41.9 Å². The predicted molar refractivity (Wildman–Crippen MR) is 99.8 cm³/mol. The lowest BCUT2D eigenvalue weighted by molar-refractivity contribution is -0.137. The summed E-state index contributed by atoms with van der Waals surface area (Å²) in [6.45, 7) is 0.260. The van der Waals surface area contributed by atoms with Gasteiger partial charge in [-0.3, -0.25) is 10.1 Å². The molecule has 0 fully saturated rings. The van der Waals surface area contributed by atoms with Gasteiger partial charge in [0.05, 0.1) is 29.1 Å². The van der Waals surface area contributed by atoms with E-state index < -0.39 is 23.7 Å². The second kappa shape index (κ2) is 8.50. The zero-order chi connectivity index (χ0) is 20.1. The minimum atomic E-state index is -4.54. The van der Waals surface area contributed by atoms with E-state index in [1.54, 1.807) is 42.5 Å². The summed E-state index contributed by atoms with van der Waals surface area (Å²) in [7, 11) is 0. The topological polar surface area (TPSA) is 54.3 Å². The van der Waals surface area contributed by atoms with Gasteiger partial charge >= 0.3 is 6.18 Å². The molecule has 146 valence electrons. The van der Waals surface area contributed by atoms with Gasteiger partial charge in [-0.15, -0.1) is 0 Å². The summed E-state index contributed by atoms with van der Waals surface area (Å²) in [5.41, 5.74) is -0.358. The first kappa shape index (κ1) is 20.0. The minimum absolute atomic E-state index is 0.0131. The molecule has 1 amide bonds. The summed E-state index contributed by atoms with van der Waals surface area (Å²) in [6, 6.07) is 14.2. The Morgan fingerprint density at radius 2 is 1.82 bits per heavy atom. The Hall–Kier alpha value is -2.77. The van der Waals surface area contributed by atoms with Crippen LogP contribution in [-0.4, -0.2) is 5.91 Å². The molecule has 4 nitrogen and oxygen atoms in total. The van der Waals surface area contributed by atoms with Gasteiger partial charge in [-0.25, -0.2) is 0 Å². The highest BCUT2D eigenvalue weighted by atomic mass is 35.5. The van der Waals surface area contributed by atoms with Gasteiger partial charge in [0.2, 0.25) is 5.91 Å². The Bertz CT molecular complexity index is 928. The molecule has 0 aliphatic carbocycles. The highest BCUT2D eigenvalue weighted by molar-refractivity contribution is 6.33. The smallest absolute Gasteiger partial charge is 0.416 e. The fourth-order valence-corrected chi connectivity index (χ4v) is 2.79. The van der Waals surface area contributed by atoms with Gasteiger partial charge in [-0.2, -0.15) is 13.2 Å². The van der Waals surface area contributed by atoms with Crippen LogP contribution < -0.4 is 10.6 Å². The quantitative estimate of drug-likeness (QED) is 0.572. The first-order chi connectivity index (χ1) is 13.3. The molecule has 0 saturated carbocycles. The fraction of sp³-hybridized carbons (Fsp3) is 0.150. The van der Waals surface area contributed by atoms with Crippen molar-refractivity contribution < 1.29 is 22.4 Å². The molecule has 3 rings (SSSR count).